The first-order valence-electron chi connectivity index (χ1n) is 11.0. The van der Waals surface area contributed by atoms with Crippen LogP contribution in [0, 0.1) is 5.92 Å². The number of hydrogen-bond donors (Lipinski definition) is 1. The smallest absolute Gasteiger partial charge is 0.263 e. The predicted molar refractivity (Wildman–Crippen MR) is 125 cm³/mol. The van der Waals surface area contributed by atoms with Crippen molar-refractivity contribution in [2.24, 2.45) is 5.92 Å². The lowest BCUT2D eigenvalue weighted by molar-refractivity contribution is -0.132. The van der Waals surface area contributed by atoms with E-state index < -0.39 is 10.0 Å². The van der Waals surface area contributed by atoms with Gasteiger partial charge in [-0.15, -0.1) is 0 Å². The fourth-order valence-electron chi connectivity index (χ4n) is 4.34. The van der Waals surface area contributed by atoms with Crippen LogP contribution >= 0.6 is 0 Å². The zero-order chi connectivity index (χ0) is 22.8. The van der Waals surface area contributed by atoms with Gasteiger partial charge in [-0.3, -0.25) is 9.52 Å². The molecule has 33 heavy (non-hydrogen) atoms. The lowest BCUT2D eigenvalue weighted by atomic mass is 10.1. The van der Waals surface area contributed by atoms with E-state index in [4.69, 9.17) is 0 Å². The van der Waals surface area contributed by atoms with Crippen molar-refractivity contribution in [1.29, 1.82) is 0 Å². The van der Waals surface area contributed by atoms with Crippen LogP contribution in [0.3, 0.4) is 0 Å². The summed E-state index contributed by atoms with van der Waals surface area (Å²) in [7, 11) is -3.72. The first-order valence-corrected chi connectivity index (χ1v) is 12.5. The molecular formula is C24H25N5O3S. The van der Waals surface area contributed by atoms with Crippen LogP contribution in [0.15, 0.2) is 78.1 Å². The number of hydrogen-bond acceptors (Lipinski definition) is 6. The highest BCUT2D eigenvalue weighted by atomic mass is 32.2. The van der Waals surface area contributed by atoms with Crippen molar-refractivity contribution in [2.45, 2.75) is 17.2 Å². The van der Waals surface area contributed by atoms with E-state index in [1.165, 1.54) is 24.2 Å². The fraction of sp³-hybridized carbons (Fsp3) is 0.292. The number of sulfonamides is 1. The highest BCUT2D eigenvalue weighted by Gasteiger charge is 2.46. The van der Waals surface area contributed by atoms with Crippen LogP contribution in [-0.4, -0.2) is 55.4 Å². The molecule has 0 unspecified atom stereocenters. The molecule has 0 spiro atoms. The van der Waals surface area contributed by atoms with Crippen molar-refractivity contribution in [3.8, 4) is 0 Å². The van der Waals surface area contributed by atoms with Crippen LogP contribution in [-0.2, 0) is 14.8 Å². The largest absolute Gasteiger partial charge is 0.368 e. The summed E-state index contributed by atoms with van der Waals surface area (Å²) in [5, 5.41) is 0. The fourth-order valence-corrected chi connectivity index (χ4v) is 5.35. The number of benzene rings is 2. The molecule has 170 valence electrons. The second-order valence-electron chi connectivity index (χ2n) is 8.37. The van der Waals surface area contributed by atoms with Gasteiger partial charge in [0.15, 0.2) is 0 Å². The van der Waals surface area contributed by atoms with Gasteiger partial charge < -0.3 is 9.80 Å². The van der Waals surface area contributed by atoms with Gasteiger partial charge in [0.25, 0.3) is 10.0 Å². The highest BCUT2D eigenvalue weighted by molar-refractivity contribution is 7.92. The zero-order valence-electron chi connectivity index (χ0n) is 18.0. The summed E-state index contributed by atoms with van der Waals surface area (Å²) >= 11 is 0. The van der Waals surface area contributed by atoms with E-state index in [2.05, 4.69) is 31.7 Å². The molecule has 0 bridgehead atoms. The number of carbonyl (C=O) groups is 1. The van der Waals surface area contributed by atoms with Crippen molar-refractivity contribution in [2.75, 3.05) is 35.8 Å². The van der Waals surface area contributed by atoms with Gasteiger partial charge in [-0.25, -0.2) is 18.4 Å². The first kappa shape index (κ1) is 21.4. The predicted octanol–water partition coefficient (Wildman–Crippen LogP) is 2.73. The third kappa shape index (κ3) is 4.68. The Balaban J connectivity index is 1.17. The average molecular weight is 464 g/mol. The van der Waals surface area contributed by atoms with Crippen molar-refractivity contribution in [1.82, 2.24) is 14.9 Å². The second-order valence-corrected chi connectivity index (χ2v) is 10.0. The maximum atomic E-state index is 12.9. The molecule has 2 heterocycles. The van der Waals surface area contributed by atoms with E-state index >= 15 is 0 Å². The van der Waals surface area contributed by atoms with E-state index in [0.717, 1.165) is 25.2 Å². The summed E-state index contributed by atoms with van der Waals surface area (Å²) in [5.74, 6) is 0.925. The molecule has 1 aliphatic carbocycles. The summed E-state index contributed by atoms with van der Waals surface area (Å²) in [6, 6.07) is 18.5. The normalized spacial score (nSPS) is 20.4. The summed E-state index contributed by atoms with van der Waals surface area (Å²) in [4.78, 5) is 24.9. The van der Waals surface area contributed by atoms with Gasteiger partial charge in [0.1, 0.15) is 12.1 Å². The van der Waals surface area contributed by atoms with Gasteiger partial charge in [0.2, 0.25) is 5.91 Å². The van der Waals surface area contributed by atoms with E-state index in [0.29, 0.717) is 19.0 Å². The molecule has 2 fully saturated rings. The van der Waals surface area contributed by atoms with Crippen LogP contribution in [0.1, 0.15) is 17.9 Å². The van der Waals surface area contributed by atoms with Crippen molar-refractivity contribution < 1.29 is 13.2 Å². The quantitative estimate of drug-likeness (QED) is 0.604. The van der Waals surface area contributed by atoms with Gasteiger partial charge >= 0.3 is 0 Å². The standard InChI is InChI=1S/C24H25N5O3S/c30-24(22-16-21(22)18-4-2-1-3-5-18)29-14-12-28(13-15-29)19-6-8-20(9-7-19)33(31,32)27-23-10-11-25-17-26-23/h1-11,17,21-22H,12-16H2,(H,25,26,27)/t21-,22+/m0/s1. The van der Waals surface area contributed by atoms with Gasteiger partial charge in [0, 0.05) is 44.0 Å². The molecule has 1 N–H and O–H groups in total. The SMILES string of the molecule is O=C([C@@H]1C[C@H]1c1ccccc1)N1CCN(c2ccc(S(=O)(=O)Nc3ccncn3)cc2)CC1. The van der Waals surface area contributed by atoms with E-state index in [9.17, 15) is 13.2 Å². The molecule has 5 rings (SSSR count). The third-order valence-corrected chi connectivity index (χ3v) is 7.63. The zero-order valence-corrected chi connectivity index (χ0v) is 18.9. The van der Waals surface area contributed by atoms with Crippen LogP contribution in [0.25, 0.3) is 0 Å². The number of carbonyl (C=O) groups excluding carboxylic acids is 1. The number of nitrogens with zero attached hydrogens (tertiary/aromatic N) is 4. The highest BCUT2D eigenvalue weighted by Crippen LogP contribution is 2.48. The van der Waals surface area contributed by atoms with E-state index in [-0.39, 0.29) is 22.5 Å². The number of anilines is 2. The van der Waals surface area contributed by atoms with Gasteiger partial charge in [-0.1, -0.05) is 30.3 Å². The molecule has 9 heteroatoms. The molecule has 2 atom stereocenters. The third-order valence-electron chi connectivity index (χ3n) is 6.26. The van der Waals surface area contributed by atoms with Crippen LogP contribution in [0.4, 0.5) is 11.5 Å². The van der Waals surface area contributed by atoms with Gasteiger partial charge in [-0.2, -0.15) is 0 Å². The second kappa shape index (κ2) is 8.82. The minimum Gasteiger partial charge on any atom is -0.368 e. The average Bonchev–Trinajstić information content (AvgIpc) is 3.66. The summed E-state index contributed by atoms with van der Waals surface area (Å²) < 4.78 is 27.6. The number of aromatic nitrogens is 2. The monoisotopic (exact) mass is 463 g/mol. The van der Waals surface area contributed by atoms with E-state index in [1.54, 1.807) is 24.3 Å². The Morgan fingerprint density at radius 1 is 0.939 bits per heavy atom. The first-order chi connectivity index (χ1) is 16.0. The Labute approximate surface area is 193 Å². The van der Waals surface area contributed by atoms with Gasteiger partial charge in [-0.05, 0) is 48.2 Å². The maximum absolute atomic E-state index is 12.9. The molecule has 1 aliphatic heterocycles. The minimum atomic E-state index is -3.72. The van der Waals surface area contributed by atoms with Crippen molar-refractivity contribution in [3.05, 3.63) is 78.8 Å². The summed E-state index contributed by atoms with van der Waals surface area (Å²) in [6.45, 7) is 2.79. The molecule has 2 aromatic carbocycles. The van der Waals surface area contributed by atoms with Crippen molar-refractivity contribution >= 4 is 27.4 Å². The van der Waals surface area contributed by atoms with Gasteiger partial charge in [0.05, 0.1) is 4.90 Å². The van der Waals surface area contributed by atoms with E-state index in [1.807, 2.05) is 23.1 Å². The number of piperazine rings is 1. The van der Waals surface area contributed by atoms with Crippen LogP contribution in [0.2, 0.25) is 0 Å². The Bertz CT molecular complexity index is 1210. The number of amides is 1. The molecule has 1 saturated carbocycles. The minimum absolute atomic E-state index is 0.103. The molecule has 1 aromatic heterocycles. The Hall–Kier alpha value is -3.46. The van der Waals surface area contributed by atoms with Crippen LogP contribution < -0.4 is 9.62 Å². The molecule has 2 aliphatic rings. The Morgan fingerprint density at radius 2 is 1.67 bits per heavy atom. The topological polar surface area (TPSA) is 95.5 Å². The van der Waals surface area contributed by atoms with Crippen molar-refractivity contribution in [3.63, 3.8) is 0 Å². The Kier molecular flexibility index (Phi) is 5.72. The molecule has 1 amide bonds. The lowest BCUT2D eigenvalue weighted by Gasteiger charge is -2.36. The summed E-state index contributed by atoms with van der Waals surface area (Å²) in [5.41, 5.74) is 2.19. The Morgan fingerprint density at radius 3 is 2.33 bits per heavy atom. The molecular weight excluding hydrogens is 438 g/mol. The molecule has 1 saturated heterocycles. The molecule has 8 nitrogen and oxygen atoms in total. The van der Waals surface area contributed by atoms with Crippen LogP contribution in [0.5, 0.6) is 0 Å². The molecule has 3 aromatic rings. The molecule has 0 radical (unpaired) electrons. The number of rotatable bonds is 6. The summed E-state index contributed by atoms with van der Waals surface area (Å²) in [6.07, 6.45) is 3.70. The maximum Gasteiger partial charge on any atom is 0.263 e. The lowest BCUT2D eigenvalue weighted by Crippen LogP contribution is -2.49. The number of nitrogens with one attached hydrogen (secondary N) is 1.